The number of ether oxygens (including phenoxy) is 4. The number of aliphatic hydroxyl groups is 1. The Labute approximate surface area is 588 Å². The second kappa shape index (κ2) is 68.8. The van der Waals surface area contributed by atoms with E-state index in [4.69, 9.17) is 37.0 Å². The zero-order valence-corrected chi connectivity index (χ0v) is 64.5. The quantitative estimate of drug-likeness (QED) is 0.0222. The summed E-state index contributed by atoms with van der Waals surface area (Å²) in [5, 5.41) is 10.6. The molecule has 0 aliphatic carbocycles. The van der Waals surface area contributed by atoms with E-state index in [0.717, 1.165) is 102 Å². The van der Waals surface area contributed by atoms with E-state index < -0.39 is 97.5 Å². The van der Waals surface area contributed by atoms with Crippen molar-refractivity contribution >= 4 is 39.5 Å². The van der Waals surface area contributed by atoms with Crippen LogP contribution in [-0.4, -0.2) is 96.7 Å². The monoisotopic (exact) mass is 1410 g/mol. The van der Waals surface area contributed by atoms with E-state index in [1.807, 2.05) is 0 Å². The number of phosphoric acid groups is 2. The third kappa shape index (κ3) is 70.5. The molecule has 0 rings (SSSR count). The zero-order chi connectivity index (χ0) is 70.7. The lowest BCUT2D eigenvalue weighted by molar-refractivity contribution is -0.161. The topological polar surface area (TPSA) is 237 Å². The molecule has 0 aliphatic rings. The number of esters is 4. The molecule has 0 aromatic carbocycles. The average molecular weight is 1410 g/mol. The molecule has 5 atom stereocenters. The van der Waals surface area contributed by atoms with Crippen molar-refractivity contribution in [3.63, 3.8) is 0 Å². The van der Waals surface area contributed by atoms with Gasteiger partial charge in [-0.3, -0.25) is 37.3 Å². The first-order valence-corrected chi connectivity index (χ1v) is 43.0. The van der Waals surface area contributed by atoms with Gasteiger partial charge in [-0.05, 0) is 37.5 Å². The fraction of sp³-hybridized carbons (Fsp3) is 0.948. The highest BCUT2D eigenvalue weighted by Gasteiger charge is 2.30. The van der Waals surface area contributed by atoms with Crippen LogP contribution in [-0.2, 0) is 65.4 Å². The Morgan fingerprint density at radius 2 is 0.479 bits per heavy atom. The molecule has 2 unspecified atom stereocenters. The number of hydrogen-bond acceptors (Lipinski definition) is 15. The van der Waals surface area contributed by atoms with Gasteiger partial charge in [0.25, 0.3) is 0 Å². The fourth-order valence-corrected chi connectivity index (χ4v) is 13.4. The standard InChI is InChI=1S/C77H150O17P2/c1-7-9-11-13-15-17-19-21-23-25-27-32-36-40-47-53-59-74(79)87-65-72(93-76(81)61-55-49-41-37-33-28-26-24-22-20-18-16-14-12-10-8-2)67-91-95(83,84)89-63-71(78)64-90-96(85,86)92-68-73(66-88-75(80)60-54-48-44-43-46-52-58-70(5)6)94-77(82)62-56-50-42-38-34-30-29-31-35-39-45-51-57-69(3)4/h69-73,78H,7-68H2,1-6H3,(H,83,84)(H,85,86)/t71-,72-,73-/m1/s1. The number of aliphatic hydroxyl groups excluding tert-OH is 1. The lowest BCUT2D eigenvalue weighted by atomic mass is 10.0. The summed E-state index contributed by atoms with van der Waals surface area (Å²) in [4.78, 5) is 72.8. The maximum absolute atomic E-state index is 13.1. The summed E-state index contributed by atoms with van der Waals surface area (Å²) in [5.74, 6) is -0.658. The minimum Gasteiger partial charge on any atom is -0.462 e. The summed E-state index contributed by atoms with van der Waals surface area (Å²) in [5.41, 5.74) is 0. The maximum Gasteiger partial charge on any atom is 0.472 e. The summed E-state index contributed by atoms with van der Waals surface area (Å²) >= 11 is 0. The molecule has 96 heavy (non-hydrogen) atoms. The van der Waals surface area contributed by atoms with Gasteiger partial charge in [-0.25, -0.2) is 9.13 Å². The van der Waals surface area contributed by atoms with Crippen molar-refractivity contribution in [3.8, 4) is 0 Å². The normalized spacial score (nSPS) is 14.0. The zero-order valence-electron chi connectivity index (χ0n) is 62.7. The van der Waals surface area contributed by atoms with Crippen molar-refractivity contribution in [2.75, 3.05) is 39.6 Å². The lowest BCUT2D eigenvalue weighted by Crippen LogP contribution is -2.30. The molecule has 0 saturated heterocycles. The first-order valence-electron chi connectivity index (χ1n) is 40.0. The Bertz CT molecular complexity index is 1860. The van der Waals surface area contributed by atoms with Crippen molar-refractivity contribution < 1.29 is 80.2 Å². The van der Waals surface area contributed by atoms with Crippen molar-refractivity contribution in [1.29, 1.82) is 0 Å². The molecule has 0 heterocycles. The fourth-order valence-electron chi connectivity index (χ4n) is 11.8. The van der Waals surface area contributed by atoms with E-state index in [9.17, 15) is 43.2 Å². The Morgan fingerprint density at radius 3 is 0.708 bits per heavy atom. The smallest absolute Gasteiger partial charge is 0.462 e. The van der Waals surface area contributed by atoms with Crippen LogP contribution in [0.15, 0.2) is 0 Å². The molecule has 0 amide bonds. The highest BCUT2D eigenvalue weighted by molar-refractivity contribution is 7.47. The molecule has 0 radical (unpaired) electrons. The number of phosphoric ester groups is 2. The van der Waals surface area contributed by atoms with Gasteiger partial charge in [0, 0.05) is 25.7 Å². The Hall–Kier alpha value is -1.94. The van der Waals surface area contributed by atoms with Crippen LogP contribution in [0.2, 0.25) is 0 Å². The Kier molecular flexibility index (Phi) is 67.4. The SMILES string of the molecule is CCCCCCCCCCCCCCCCCCC(=O)OC[C@H](COP(=O)(O)OC[C@@H](O)COP(=O)(O)OC[C@@H](COC(=O)CCCCCCCCC(C)C)OC(=O)CCCCCCCCCCCCCCC(C)C)OC(=O)CCCCCCCCCCCCCCCCCC. The molecule has 0 aromatic rings. The summed E-state index contributed by atoms with van der Waals surface area (Å²) < 4.78 is 68.6. The first kappa shape index (κ1) is 94.1. The van der Waals surface area contributed by atoms with Gasteiger partial charge in [0.05, 0.1) is 26.4 Å². The highest BCUT2D eigenvalue weighted by Crippen LogP contribution is 2.45. The van der Waals surface area contributed by atoms with Crippen LogP contribution in [0, 0.1) is 11.8 Å². The molecule has 17 nitrogen and oxygen atoms in total. The molecule has 570 valence electrons. The number of unbranched alkanes of at least 4 members (excludes halogenated alkanes) is 46. The van der Waals surface area contributed by atoms with Gasteiger partial charge in [0.2, 0.25) is 0 Å². The summed E-state index contributed by atoms with van der Waals surface area (Å²) in [6, 6.07) is 0. The molecule has 3 N–H and O–H groups in total. The number of rotatable bonds is 76. The van der Waals surface area contributed by atoms with Gasteiger partial charge >= 0.3 is 39.5 Å². The summed E-state index contributed by atoms with van der Waals surface area (Å²) in [6.07, 6.45) is 57.0. The molecule has 19 heteroatoms. The minimum absolute atomic E-state index is 0.106. The predicted octanol–water partition coefficient (Wildman–Crippen LogP) is 22.7. The van der Waals surface area contributed by atoms with Gasteiger partial charge in [0.1, 0.15) is 19.3 Å². The van der Waals surface area contributed by atoms with E-state index in [1.165, 1.54) is 212 Å². The summed E-state index contributed by atoms with van der Waals surface area (Å²) in [6.45, 7) is 9.54. The molecule has 0 saturated carbocycles. The third-order valence-corrected chi connectivity index (χ3v) is 19.9. The highest BCUT2D eigenvalue weighted by atomic mass is 31.2. The second-order valence-electron chi connectivity index (χ2n) is 28.7. The van der Waals surface area contributed by atoms with E-state index in [0.29, 0.717) is 31.6 Å². The molecule has 0 spiro atoms. The van der Waals surface area contributed by atoms with Crippen molar-refractivity contribution in [2.24, 2.45) is 11.8 Å². The van der Waals surface area contributed by atoms with Crippen molar-refractivity contribution in [2.45, 2.75) is 419 Å². The molecule has 0 aromatic heterocycles. The van der Waals surface area contributed by atoms with Gasteiger partial charge in [-0.15, -0.1) is 0 Å². The molecule has 0 bridgehead atoms. The van der Waals surface area contributed by atoms with Crippen LogP contribution in [0.3, 0.4) is 0 Å². The van der Waals surface area contributed by atoms with Crippen LogP contribution in [0.4, 0.5) is 0 Å². The van der Waals surface area contributed by atoms with Crippen LogP contribution >= 0.6 is 15.6 Å². The van der Waals surface area contributed by atoms with Gasteiger partial charge in [-0.2, -0.15) is 0 Å². The van der Waals surface area contributed by atoms with Crippen molar-refractivity contribution in [1.82, 2.24) is 0 Å². The lowest BCUT2D eigenvalue weighted by Gasteiger charge is -2.21. The van der Waals surface area contributed by atoms with Crippen LogP contribution < -0.4 is 0 Å². The molecular formula is C77H150O17P2. The van der Waals surface area contributed by atoms with Gasteiger partial charge < -0.3 is 33.8 Å². The third-order valence-electron chi connectivity index (χ3n) is 18.0. The van der Waals surface area contributed by atoms with E-state index in [1.54, 1.807) is 0 Å². The minimum atomic E-state index is -4.96. The molecular weight excluding hydrogens is 1260 g/mol. The largest absolute Gasteiger partial charge is 0.472 e. The Morgan fingerprint density at radius 1 is 0.281 bits per heavy atom. The maximum atomic E-state index is 13.1. The van der Waals surface area contributed by atoms with E-state index >= 15 is 0 Å². The average Bonchev–Trinajstić information content (AvgIpc) is 1.60. The molecule has 0 fully saturated rings. The number of carbonyl (C=O) groups excluding carboxylic acids is 4. The van der Waals surface area contributed by atoms with E-state index in [-0.39, 0.29) is 25.7 Å². The first-order chi connectivity index (χ1) is 46.4. The second-order valence-corrected chi connectivity index (χ2v) is 31.6. The number of hydrogen-bond donors (Lipinski definition) is 3. The van der Waals surface area contributed by atoms with Crippen LogP contribution in [0.1, 0.15) is 401 Å². The van der Waals surface area contributed by atoms with Crippen LogP contribution in [0.5, 0.6) is 0 Å². The van der Waals surface area contributed by atoms with Gasteiger partial charge in [0.15, 0.2) is 12.2 Å². The number of carbonyl (C=O) groups is 4. The summed E-state index contributed by atoms with van der Waals surface area (Å²) in [7, 11) is -9.91. The molecule has 0 aliphatic heterocycles. The Balaban J connectivity index is 5.23. The van der Waals surface area contributed by atoms with E-state index in [2.05, 4.69) is 41.5 Å². The van der Waals surface area contributed by atoms with Crippen LogP contribution in [0.25, 0.3) is 0 Å². The predicted molar refractivity (Wildman–Crippen MR) is 391 cm³/mol. The van der Waals surface area contributed by atoms with Gasteiger partial charge in [-0.1, -0.05) is 350 Å². The van der Waals surface area contributed by atoms with Crippen molar-refractivity contribution in [3.05, 3.63) is 0 Å².